The number of carbonyl (C=O) groups excluding carboxylic acids is 1. The van der Waals surface area contributed by atoms with Gasteiger partial charge in [0.1, 0.15) is 13.2 Å². The van der Waals surface area contributed by atoms with Crippen LogP contribution in [-0.2, 0) is 18.4 Å². The number of nitrogens with one attached hydrogen (secondary N) is 1. The van der Waals surface area contributed by atoms with Crippen molar-refractivity contribution in [2.45, 2.75) is 309 Å². The normalized spacial score (nSPS) is 14.0. The van der Waals surface area contributed by atoms with Crippen LogP contribution in [0.1, 0.15) is 296 Å². The SMILES string of the molecule is CCCCCCCCCCCCCCC/C=C/[C@@H](O)[C@H](COP(=O)(O)OCC[N+](C)(C)C)NC(=O)CCCCCCCCCCCCCCCCCCCCCCCCCCCCCCC. The molecule has 0 bridgehead atoms. The molecule has 394 valence electrons. The van der Waals surface area contributed by atoms with Crippen molar-refractivity contribution >= 4 is 13.7 Å². The Balaban J connectivity index is 4.05. The summed E-state index contributed by atoms with van der Waals surface area (Å²) < 4.78 is 23.7. The van der Waals surface area contributed by atoms with Gasteiger partial charge in [-0.25, -0.2) is 4.57 Å². The zero-order valence-electron chi connectivity index (χ0n) is 45.0. The molecule has 1 amide bonds. The fourth-order valence-corrected chi connectivity index (χ4v) is 9.66. The van der Waals surface area contributed by atoms with Gasteiger partial charge in [-0.2, -0.15) is 0 Å². The van der Waals surface area contributed by atoms with Crippen molar-refractivity contribution in [3.8, 4) is 0 Å². The summed E-state index contributed by atoms with van der Waals surface area (Å²) in [6, 6.07) is -0.841. The molecule has 0 saturated heterocycles. The molecule has 0 aromatic carbocycles. The van der Waals surface area contributed by atoms with Crippen LogP contribution in [0, 0.1) is 0 Å². The molecule has 0 saturated carbocycles. The van der Waals surface area contributed by atoms with Gasteiger partial charge in [0.2, 0.25) is 5.91 Å². The van der Waals surface area contributed by atoms with Crippen LogP contribution in [0.25, 0.3) is 0 Å². The minimum atomic E-state index is -4.34. The third kappa shape index (κ3) is 51.1. The van der Waals surface area contributed by atoms with Gasteiger partial charge < -0.3 is 19.8 Å². The van der Waals surface area contributed by atoms with Crippen molar-refractivity contribution in [1.82, 2.24) is 5.32 Å². The number of allylic oxidation sites excluding steroid dienone is 1. The van der Waals surface area contributed by atoms with Crippen molar-refractivity contribution in [2.75, 3.05) is 40.9 Å². The van der Waals surface area contributed by atoms with Gasteiger partial charge in [-0.1, -0.05) is 283 Å². The van der Waals surface area contributed by atoms with E-state index in [9.17, 15) is 19.4 Å². The van der Waals surface area contributed by atoms with Crippen molar-refractivity contribution in [3.05, 3.63) is 12.2 Å². The van der Waals surface area contributed by atoms with Crippen LogP contribution in [0.5, 0.6) is 0 Å². The molecule has 0 aromatic heterocycles. The molecular weight excluding hydrogens is 840 g/mol. The maximum absolute atomic E-state index is 13.0. The number of hydrogen-bond acceptors (Lipinski definition) is 5. The topological polar surface area (TPSA) is 105 Å². The summed E-state index contributed by atoms with van der Waals surface area (Å²) in [5, 5.41) is 13.9. The molecule has 0 spiro atoms. The maximum Gasteiger partial charge on any atom is 0.472 e. The Morgan fingerprint density at radius 3 is 1.12 bits per heavy atom. The Labute approximate surface area is 412 Å². The fraction of sp³-hybridized carbons (Fsp3) is 0.947. The van der Waals surface area contributed by atoms with E-state index in [2.05, 4.69) is 19.2 Å². The average Bonchev–Trinajstić information content (AvgIpc) is 3.28. The summed E-state index contributed by atoms with van der Waals surface area (Å²) in [5.41, 5.74) is 0. The van der Waals surface area contributed by atoms with Crippen LogP contribution in [0.15, 0.2) is 12.2 Å². The molecule has 0 aliphatic heterocycles. The number of quaternary nitrogens is 1. The van der Waals surface area contributed by atoms with E-state index in [0.29, 0.717) is 17.4 Å². The summed E-state index contributed by atoms with van der Waals surface area (Å²) in [4.78, 5) is 23.3. The second-order valence-corrected chi connectivity index (χ2v) is 22.8. The Hall–Kier alpha value is -0.760. The summed E-state index contributed by atoms with van der Waals surface area (Å²) >= 11 is 0. The summed E-state index contributed by atoms with van der Waals surface area (Å²) in [7, 11) is 1.59. The van der Waals surface area contributed by atoms with E-state index in [1.165, 1.54) is 244 Å². The number of likely N-dealkylation sites (N-methyl/N-ethyl adjacent to an activating group) is 1. The number of rotatable bonds is 54. The standard InChI is InChI=1S/C57H115N2O6P/c1-6-8-10-12-14-16-18-20-22-23-24-25-26-27-28-29-30-31-32-33-34-35-37-39-41-43-45-47-49-51-57(61)58-55(54-65-66(62,63)64-53-52-59(3,4)5)56(60)50-48-46-44-42-40-38-36-21-19-17-15-13-11-9-7-2/h48,50,55-56,60H,6-47,49,51-54H2,1-5H3,(H-,58,61,62,63)/p+1/b50-48+/t55-,56+/m0/s1. The molecule has 0 heterocycles. The van der Waals surface area contributed by atoms with Gasteiger partial charge in [0.25, 0.3) is 0 Å². The highest BCUT2D eigenvalue weighted by Crippen LogP contribution is 2.43. The van der Waals surface area contributed by atoms with E-state index < -0.39 is 20.0 Å². The molecule has 3 atom stereocenters. The van der Waals surface area contributed by atoms with Crippen molar-refractivity contribution in [1.29, 1.82) is 0 Å². The summed E-state index contributed by atoms with van der Waals surface area (Å²) in [5.74, 6) is -0.170. The molecule has 9 heteroatoms. The first-order chi connectivity index (χ1) is 32.0. The van der Waals surface area contributed by atoms with Gasteiger partial charge in [-0.3, -0.25) is 13.8 Å². The number of unbranched alkanes of at least 4 members (excludes halogenated alkanes) is 41. The van der Waals surface area contributed by atoms with Gasteiger partial charge >= 0.3 is 7.82 Å². The van der Waals surface area contributed by atoms with Crippen LogP contribution < -0.4 is 5.32 Å². The summed E-state index contributed by atoms with van der Waals surface area (Å²) in [6.07, 6.45) is 60.3. The Bertz CT molecular complexity index is 1080. The Morgan fingerprint density at radius 2 is 0.803 bits per heavy atom. The molecule has 0 radical (unpaired) electrons. The Kier molecular flexibility index (Phi) is 48.7. The molecule has 0 aliphatic rings. The molecular formula is C57H116N2O6P+. The number of phosphoric ester groups is 1. The predicted molar refractivity (Wildman–Crippen MR) is 286 cm³/mol. The molecule has 66 heavy (non-hydrogen) atoms. The first kappa shape index (κ1) is 65.2. The minimum absolute atomic E-state index is 0.0650. The van der Waals surface area contributed by atoms with E-state index in [1.54, 1.807) is 6.08 Å². The number of phosphoric acid groups is 1. The maximum atomic E-state index is 13.0. The van der Waals surface area contributed by atoms with Gasteiger partial charge in [-0.05, 0) is 19.3 Å². The number of hydrogen-bond donors (Lipinski definition) is 3. The lowest BCUT2D eigenvalue weighted by molar-refractivity contribution is -0.870. The highest BCUT2D eigenvalue weighted by atomic mass is 31.2. The first-order valence-electron chi connectivity index (χ1n) is 29.1. The number of aliphatic hydroxyl groups is 1. The fourth-order valence-electron chi connectivity index (χ4n) is 8.93. The largest absolute Gasteiger partial charge is 0.472 e. The second kappa shape index (κ2) is 49.2. The van der Waals surface area contributed by atoms with Crippen molar-refractivity contribution < 1.29 is 32.9 Å². The quantitative estimate of drug-likeness (QED) is 0.0243. The minimum Gasteiger partial charge on any atom is -0.387 e. The average molecular weight is 957 g/mol. The van der Waals surface area contributed by atoms with Gasteiger partial charge in [0, 0.05) is 6.42 Å². The van der Waals surface area contributed by atoms with E-state index in [1.807, 2.05) is 27.2 Å². The van der Waals surface area contributed by atoms with Crippen molar-refractivity contribution in [2.24, 2.45) is 0 Å². The third-order valence-electron chi connectivity index (χ3n) is 13.5. The van der Waals surface area contributed by atoms with Crippen LogP contribution in [0.4, 0.5) is 0 Å². The third-order valence-corrected chi connectivity index (χ3v) is 14.5. The molecule has 0 fully saturated rings. The van der Waals surface area contributed by atoms with Gasteiger partial charge in [0.05, 0.1) is 39.9 Å². The lowest BCUT2D eigenvalue weighted by Crippen LogP contribution is -2.45. The Morgan fingerprint density at radius 1 is 0.500 bits per heavy atom. The molecule has 0 aliphatic carbocycles. The molecule has 1 unspecified atom stereocenters. The lowest BCUT2D eigenvalue weighted by Gasteiger charge is -2.25. The van der Waals surface area contributed by atoms with E-state index >= 15 is 0 Å². The summed E-state index contributed by atoms with van der Waals surface area (Å²) in [6.45, 7) is 4.86. The van der Waals surface area contributed by atoms with Crippen molar-refractivity contribution in [3.63, 3.8) is 0 Å². The zero-order valence-corrected chi connectivity index (χ0v) is 45.9. The molecule has 0 aromatic rings. The lowest BCUT2D eigenvalue weighted by atomic mass is 10.0. The van der Waals surface area contributed by atoms with Gasteiger partial charge in [0.15, 0.2) is 0 Å². The molecule has 0 rings (SSSR count). The predicted octanol–water partition coefficient (Wildman–Crippen LogP) is 17.4. The highest BCUT2D eigenvalue weighted by molar-refractivity contribution is 7.47. The van der Waals surface area contributed by atoms with Crippen LogP contribution in [-0.4, -0.2) is 73.4 Å². The number of nitrogens with zero attached hydrogens (tertiary/aromatic N) is 1. The highest BCUT2D eigenvalue weighted by Gasteiger charge is 2.27. The van der Waals surface area contributed by atoms with Crippen LogP contribution >= 0.6 is 7.82 Å². The van der Waals surface area contributed by atoms with E-state index in [0.717, 1.165) is 32.1 Å². The smallest absolute Gasteiger partial charge is 0.387 e. The van der Waals surface area contributed by atoms with Gasteiger partial charge in [-0.15, -0.1) is 0 Å². The second-order valence-electron chi connectivity index (χ2n) is 21.4. The molecule has 8 nitrogen and oxygen atoms in total. The zero-order chi connectivity index (χ0) is 48.5. The number of carbonyl (C=O) groups is 1. The monoisotopic (exact) mass is 956 g/mol. The number of aliphatic hydroxyl groups excluding tert-OH is 1. The number of amides is 1. The first-order valence-corrected chi connectivity index (χ1v) is 30.6. The van der Waals surface area contributed by atoms with E-state index in [4.69, 9.17) is 9.05 Å². The molecule has 3 N–H and O–H groups in total. The van der Waals surface area contributed by atoms with Crippen LogP contribution in [0.2, 0.25) is 0 Å². The van der Waals surface area contributed by atoms with E-state index in [-0.39, 0.29) is 19.1 Å². The van der Waals surface area contributed by atoms with Crippen LogP contribution in [0.3, 0.4) is 0 Å².